The minimum Gasteiger partial charge on any atom is -0.371 e. The smallest absolute Gasteiger partial charge is 0.281 e. The molecule has 1 aromatic rings. The first-order valence-corrected chi connectivity index (χ1v) is 8.96. The van der Waals surface area contributed by atoms with Crippen LogP contribution in [0.3, 0.4) is 0 Å². The Morgan fingerprint density at radius 2 is 1.96 bits per heavy atom. The van der Waals surface area contributed by atoms with Crippen molar-refractivity contribution in [2.75, 3.05) is 32.5 Å². The van der Waals surface area contributed by atoms with Crippen molar-refractivity contribution in [3.63, 3.8) is 0 Å². The Morgan fingerprint density at radius 1 is 1.26 bits per heavy atom. The number of carbonyl (C=O) groups is 1. The maximum atomic E-state index is 12.5. The first kappa shape index (κ1) is 16.4. The zero-order chi connectivity index (χ0) is 16.6. The fourth-order valence-electron chi connectivity index (χ4n) is 3.07. The van der Waals surface area contributed by atoms with E-state index in [0.29, 0.717) is 13.0 Å². The summed E-state index contributed by atoms with van der Waals surface area (Å²) in [4.78, 5) is 12.5. The molecule has 1 aromatic carbocycles. The molecule has 2 saturated heterocycles. The number of rotatable bonds is 4. The number of anilines is 1. The third-order valence-electron chi connectivity index (χ3n) is 4.29. The summed E-state index contributed by atoms with van der Waals surface area (Å²) in [5.74, 6) is -0.449. The summed E-state index contributed by atoms with van der Waals surface area (Å²) in [7, 11) is -0.466. The van der Waals surface area contributed by atoms with Gasteiger partial charge in [0.2, 0.25) is 5.91 Å². The summed E-state index contributed by atoms with van der Waals surface area (Å²) in [5.41, 5.74) is 0.733. The second-order valence-electron chi connectivity index (χ2n) is 6.10. The zero-order valence-corrected chi connectivity index (χ0v) is 14.0. The predicted octanol–water partition coefficient (Wildman–Crippen LogP) is 0.521. The monoisotopic (exact) mass is 339 g/mol. The van der Waals surface area contributed by atoms with Crippen molar-refractivity contribution in [1.29, 1.82) is 0 Å². The topological polar surface area (TPSA) is 79.0 Å². The third-order valence-corrected chi connectivity index (χ3v) is 6.16. The number of nitrogens with zero attached hydrogens (tertiary/aromatic N) is 2. The summed E-state index contributed by atoms with van der Waals surface area (Å²) in [6.07, 6.45) is -0.0785. The molecule has 1 amide bonds. The standard InChI is InChI=1S/C15H21N3O4S/c1-17(2)23(20,21)18-9-12-8-13(14(10-18)22-12)15(19)16-11-6-4-3-5-7-11/h3-7,12-14H,8-10H2,1-2H3,(H,16,19)/t12-,13-,14-/m0/s1. The second-order valence-corrected chi connectivity index (χ2v) is 8.24. The highest BCUT2D eigenvalue weighted by molar-refractivity contribution is 7.86. The molecule has 0 saturated carbocycles. The first-order valence-electron chi connectivity index (χ1n) is 7.57. The molecule has 0 radical (unpaired) electrons. The molecule has 2 heterocycles. The summed E-state index contributed by atoms with van der Waals surface area (Å²) in [5, 5.41) is 2.88. The van der Waals surface area contributed by atoms with E-state index in [0.717, 1.165) is 5.69 Å². The SMILES string of the molecule is CN(C)S(=O)(=O)N1C[C@@H]2C[C@H](C(=O)Nc3ccccc3)[C@H](C1)O2. The van der Waals surface area contributed by atoms with E-state index in [9.17, 15) is 13.2 Å². The average Bonchev–Trinajstić information content (AvgIpc) is 2.82. The van der Waals surface area contributed by atoms with E-state index in [2.05, 4.69) is 5.32 Å². The average molecular weight is 339 g/mol. The van der Waals surface area contributed by atoms with Gasteiger partial charge in [-0.25, -0.2) is 0 Å². The van der Waals surface area contributed by atoms with Gasteiger partial charge in [0, 0.05) is 32.9 Å². The molecule has 0 spiro atoms. The Morgan fingerprint density at radius 3 is 2.61 bits per heavy atom. The number of nitrogens with one attached hydrogen (secondary N) is 1. The van der Waals surface area contributed by atoms with E-state index >= 15 is 0 Å². The van der Waals surface area contributed by atoms with Gasteiger partial charge in [-0.15, -0.1) is 0 Å². The Labute approximate surface area is 136 Å². The number of morpholine rings is 1. The number of ether oxygens (including phenoxy) is 1. The minimum absolute atomic E-state index is 0.118. The molecule has 1 N–H and O–H groups in total. The normalized spacial score (nSPS) is 28.0. The lowest BCUT2D eigenvalue weighted by molar-refractivity contribution is -0.122. The lowest BCUT2D eigenvalue weighted by Gasteiger charge is -2.33. The van der Waals surface area contributed by atoms with Crippen LogP contribution in [-0.4, -0.2) is 62.3 Å². The van der Waals surface area contributed by atoms with Crippen molar-refractivity contribution in [3.8, 4) is 0 Å². The van der Waals surface area contributed by atoms with Crippen LogP contribution in [0.5, 0.6) is 0 Å². The van der Waals surface area contributed by atoms with Crippen molar-refractivity contribution < 1.29 is 17.9 Å². The van der Waals surface area contributed by atoms with E-state index in [4.69, 9.17) is 4.74 Å². The lowest BCUT2D eigenvalue weighted by atomic mass is 9.99. The predicted molar refractivity (Wildman–Crippen MR) is 86.0 cm³/mol. The van der Waals surface area contributed by atoms with Gasteiger partial charge < -0.3 is 10.1 Å². The maximum absolute atomic E-state index is 12.5. The van der Waals surface area contributed by atoms with Crippen LogP contribution in [-0.2, 0) is 19.7 Å². The lowest BCUT2D eigenvalue weighted by Crippen LogP contribution is -2.50. The number of para-hydroxylation sites is 1. The highest BCUT2D eigenvalue weighted by Gasteiger charge is 2.47. The first-order chi connectivity index (χ1) is 10.9. The molecule has 7 nitrogen and oxygen atoms in total. The molecule has 0 aliphatic carbocycles. The Kier molecular flexibility index (Phi) is 4.41. The van der Waals surface area contributed by atoms with Gasteiger partial charge in [-0.3, -0.25) is 4.79 Å². The Balaban J connectivity index is 1.70. The van der Waals surface area contributed by atoms with Crippen LogP contribution in [0.4, 0.5) is 5.69 Å². The summed E-state index contributed by atoms with van der Waals surface area (Å²) in [6.45, 7) is 0.510. The summed E-state index contributed by atoms with van der Waals surface area (Å²) < 4.78 is 32.9. The van der Waals surface area contributed by atoms with Crippen LogP contribution in [0.2, 0.25) is 0 Å². The number of amides is 1. The van der Waals surface area contributed by atoms with Crippen molar-refractivity contribution in [3.05, 3.63) is 30.3 Å². The molecule has 23 heavy (non-hydrogen) atoms. The van der Waals surface area contributed by atoms with Crippen molar-refractivity contribution in [1.82, 2.24) is 8.61 Å². The van der Waals surface area contributed by atoms with Gasteiger partial charge >= 0.3 is 0 Å². The van der Waals surface area contributed by atoms with E-state index in [1.807, 2.05) is 30.3 Å². The fraction of sp³-hybridized carbons (Fsp3) is 0.533. The molecule has 2 bridgehead atoms. The molecule has 0 aromatic heterocycles. The van der Waals surface area contributed by atoms with E-state index < -0.39 is 16.3 Å². The minimum atomic E-state index is -3.48. The van der Waals surface area contributed by atoms with Crippen LogP contribution in [0.25, 0.3) is 0 Å². The quantitative estimate of drug-likeness (QED) is 0.867. The van der Waals surface area contributed by atoms with Crippen LogP contribution in [0.15, 0.2) is 30.3 Å². The third kappa shape index (κ3) is 3.25. The summed E-state index contributed by atoms with van der Waals surface area (Å²) >= 11 is 0. The van der Waals surface area contributed by atoms with Crippen LogP contribution >= 0.6 is 0 Å². The highest BCUT2D eigenvalue weighted by Crippen LogP contribution is 2.34. The molecule has 2 aliphatic heterocycles. The molecule has 0 unspecified atom stereocenters. The van der Waals surface area contributed by atoms with E-state index in [1.165, 1.54) is 22.7 Å². The van der Waals surface area contributed by atoms with Crippen LogP contribution < -0.4 is 5.32 Å². The molecular formula is C15H21N3O4S. The van der Waals surface area contributed by atoms with Crippen molar-refractivity contribution >= 4 is 21.8 Å². The van der Waals surface area contributed by atoms with Gasteiger partial charge in [-0.05, 0) is 18.6 Å². The molecule has 2 fully saturated rings. The second kappa shape index (κ2) is 6.20. The van der Waals surface area contributed by atoms with Crippen molar-refractivity contribution in [2.45, 2.75) is 18.6 Å². The largest absolute Gasteiger partial charge is 0.371 e. The van der Waals surface area contributed by atoms with Gasteiger partial charge in [0.25, 0.3) is 10.2 Å². The van der Waals surface area contributed by atoms with E-state index in [1.54, 1.807) is 0 Å². The molecule has 3 rings (SSSR count). The summed E-state index contributed by atoms with van der Waals surface area (Å²) in [6, 6.07) is 9.23. The molecule has 126 valence electrons. The molecular weight excluding hydrogens is 318 g/mol. The fourth-order valence-corrected chi connectivity index (χ4v) is 4.23. The van der Waals surface area contributed by atoms with Crippen LogP contribution in [0.1, 0.15) is 6.42 Å². The Hall–Kier alpha value is -1.48. The maximum Gasteiger partial charge on any atom is 0.281 e. The highest BCUT2D eigenvalue weighted by atomic mass is 32.2. The Bertz CT molecular complexity index is 677. The van der Waals surface area contributed by atoms with E-state index in [-0.39, 0.29) is 24.5 Å². The van der Waals surface area contributed by atoms with Crippen molar-refractivity contribution in [2.24, 2.45) is 5.92 Å². The van der Waals surface area contributed by atoms with Gasteiger partial charge in [0.1, 0.15) is 0 Å². The number of hydrogen-bond acceptors (Lipinski definition) is 4. The molecule has 3 atom stereocenters. The van der Waals surface area contributed by atoms with Gasteiger partial charge in [-0.2, -0.15) is 17.0 Å². The number of fused-ring (bicyclic) bond motifs is 2. The van der Waals surface area contributed by atoms with Gasteiger partial charge in [0.15, 0.2) is 0 Å². The zero-order valence-electron chi connectivity index (χ0n) is 13.2. The number of carbonyl (C=O) groups excluding carboxylic acids is 1. The molecule has 2 aliphatic rings. The van der Waals surface area contributed by atoms with Crippen LogP contribution in [0, 0.1) is 5.92 Å². The molecule has 8 heteroatoms. The number of hydrogen-bond donors (Lipinski definition) is 1. The van der Waals surface area contributed by atoms with Gasteiger partial charge in [-0.1, -0.05) is 18.2 Å². The number of benzene rings is 1. The van der Waals surface area contributed by atoms with Gasteiger partial charge in [0.05, 0.1) is 18.1 Å².